The van der Waals surface area contributed by atoms with Crippen molar-refractivity contribution in [3.8, 4) is 11.8 Å². The first-order valence-electron chi connectivity index (χ1n) is 6.10. The summed E-state index contributed by atoms with van der Waals surface area (Å²) in [4.78, 5) is 0. The third-order valence-corrected chi connectivity index (χ3v) is 2.79. The maximum atomic E-state index is 9.07. The lowest BCUT2D eigenvalue weighted by molar-refractivity contribution is 0.254. The first-order chi connectivity index (χ1) is 9.72. The van der Waals surface area contributed by atoms with Crippen molar-refractivity contribution in [3.63, 3.8) is 0 Å². The Hall–Kier alpha value is -2.54. The topological polar surface area (TPSA) is 108 Å². The van der Waals surface area contributed by atoms with E-state index in [0.29, 0.717) is 23.6 Å². The van der Waals surface area contributed by atoms with Gasteiger partial charge in [-0.05, 0) is 22.4 Å². The summed E-state index contributed by atoms with van der Waals surface area (Å²) < 4.78 is 15.5. The normalized spacial score (nSPS) is 12.7. The Labute approximate surface area is 113 Å². The summed E-state index contributed by atoms with van der Waals surface area (Å²) in [6, 6.07) is 8.53. The second-order valence-corrected chi connectivity index (χ2v) is 4.41. The summed E-state index contributed by atoms with van der Waals surface area (Å²) in [5.74, 6) is 0.760. The van der Waals surface area contributed by atoms with E-state index in [0.717, 1.165) is 5.39 Å². The molecule has 0 saturated heterocycles. The first-order valence-corrected chi connectivity index (χ1v) is 6.10. The van der Waals surface area contributed by atoms with Crippen LogP contribution in [0, 0.1) is 0 Å². The number of ether oxygens (including phenoxy) is 1. The van der Waals surface area contributed by atoms with E-state index in [-0.39, 0.29) is 18.5 Å². The molecule has 1 aromatic carbocycles. The van der Waals surface area contributed by atoms with Crippen LogP contribution in [0.4, 0.5) is 0 Å². The third-order valence-electron chi connectivity index (χ3n) is 2.79. The van der Waals surface area contributed by atoms with Crippen molar-refractivity contribution in [2.24, 2.45) is 5.73 Å². The molecule has 0 aliphatic rings. The van der Waals surface area contributed by atoms with Gasteiger partial charge in [-0.15, -0.1) is 0 Å². The van der Waals surface area contributed by atoms with Crippen LogP contribution in [-0.2, 0) is 6.42 Å². The summed E-state index contributed by atoms with van der Waals surface area (Å²) in [6.07, 6.45) is 0.406. The zero-order valence-corrected chi connectivity index (χ0v) is 10.5. The molecule has 20 heavy (non-hydrogen) atoms. The lowest BCUT2D eigenvalue weighted by Crippen LogP contribution is -2.30. The molecule has 3 aromatic rings. The van der Waals surface area contributed by atoms with Crippen molar-refractivity contribution in [1.82, 2.24) is 10.3 Å². The Balaban J connectivity index is 1.61. The van der Waals surface area contributed by atoms with E-state index in [9.17, 15) is 0 Å². The SMILES string of the molecule is NC(COc1noc2ccccc12)Cc1cc(O)no1. The standard InChI is InChI=1S/C13H13N3O4/c14-8(5-9-6-12(17)15-19-9)7-18-13-10-3-1-2-4-11(10)20-16-13/h1-4,6,8H,5,7,14H2,(H,15,17). The summed E-state index contributed by atoms with van der Waals surface area (Å²) in [6.45, 7) is 0.248. The molecule has 0 aliphatic heterocycles. The minimum absolute atomic E-state index is 0.157. The van der Waals surface area contributed by atoms with Crippen LogP contribution in [0.5, 0.6) is 11.8 Å². The van der Waals surface area contributed by atoms with Crippen molar-refractivity contribution in [3.05, 3.63) is 36.1 Å². The highest BCUT2D eigenvalue weighted by Crippen LogP contribution is 2.24. The number of rotatable bonds is 5. The molecule has 2 heterocycles. The fourth-order valence-corrected chi connectivity index (χ4v) is 1.87. The molecule has 0 fully saturated rings. The molecule has 3 rings (SSSR count). The van der Waals surface area contributed by atoms with Crippen molar-refractivity contribution in [2.75, 3.05) is 6.61 Å². The van der Waals surface area contributed by atoms with Gasteiger partial charge in [0.2, 0.25) is 0 Å². The number of nitrogens with two attached hydrogens (primary N) is 1. The molecular formula is C13H13N3O4. The maximum absolute atomic E-state index is 9.07. The Morgan fingerprint density at radius 2 is 2.10 bits per heavy atom. The molecule has 2 aromatic heterocycles. The van der Waals surface area contributed by atoms with Gasteiger partial charge >= 0.3 is 0 Å². The van der Waals surface area contributed by atoms with Gasteiger partial charge in [0.05, 0.1) is 5.39 Å². The van der Waals surface area contributed by atoms with Crippen LogP contribution in [0.2, 0.25) is 0 Å². The van der Waals surface area contributed by atoms with Crippen LogP contribution in [-0.4, -0.2) is 28.1 Å². The van der Waals surface area contributed by atoms with Gasteiger partial charge in [0.25, 0.3) is 11.8 Å². The Kier molecular flexibility index (Phi) is 3.26. The average Bonchev–Trinajstić information content (AvgIpc) is 3.03. The maximum Gasteiger partial charge on any atom is 0.262 e. The number of fused-ring (bicyclic) bond motifs is 1. The minimum Gasteiger partial charge on any atom is -0.491 e. The van der Waals surface area contributed by atoms with Crippen LogP contribution in [0.25, 0.3) is 11.0 Å². The Morgan fingerprint density at radius 3 is 2.90 bits per heavy atom. The summed E-state index contributed by atoms with van der Waals surface area (Å²) in [7, 11) is 0. The van der Waals surface area contributed by atoms with E-state index in [4.69, 9.17) is 24.6 Å². The molecule has 0 bridgehead atoms. The van der Waals surface area contributed by atoms with Crippen LogP contribution in [0.1, 0.15) is 5.76 Å². The summed E-state index contributed by atoms with van der Waals surface area (Å²) >= 11 is 0. The molecule has 3 N–H and O–H groups in total. The van der Waals surface area contributed by atoms with E-state index < -0.39 is 0 Å². The molecule has 0 radical (unpaired) electrons. The number of benzene rings is 1. The van der Waals surface area contributed by atoms with Gasteiger partial charge in [-0.25, -0.2) is 0 Å². The number of aromatic hydroxyl groups is 1. The summed E-state index contributed by atoms with van der Waals surface area (Å²) in [5.41, 5.74) is 6.59. The Morgan fingerprint density at radius 1 is 1.25 bits per heavy atom. The largest absolute Gasteiger partial charge is 0.491 e. The van der Waals surface area contributed by atoms with Gasteiger partial charge in [-0.3, -0.25) is 0 Å². The highest BCUT2D eigenvalue weighted by atomic mass is 16.5. The van der Waals surface area contributed by atoms with Gasteiger partial charge in [0, 0.05) is 18.5 Å². The predicted octanol–water partition coefficient (Wildman–Crippen LogP) is 1.47. The smallest absolute Gasteiger partial charge is 0.262 e. The Bertz CT molecular complexity index is 706. The number of para-hydroxylation sites is 1. The second kappa shape index (κ2) is 5.22. The highest BCUT2D eigenvalue weighted by Gasteiger charge is 2.13. The molecule has 0 aliphatic carbocycles. The number of nitrogens with zero attached hydrogens (tertiary/aromatic N) is 2. The van der Waals surface area contributed by atoms with Gasteiger partial charge in [0.1, 0.15) is 12.4 Å². The molecule has 1 atom stereocenters. The van der Waals surface area contributed by atoms with Crippen molar-refractivity contribution in [1.29, 1.82) is 0 Å². The van der Waals surface area contributed by atoms with Gasteiger partial charge in [-0.1, -0.05) is 12.1 Å². The van der Waals surface area contributed by atoms with E-state index in [1.165, 1.54) is 6.07 Å². The van der Waals surface area contributed by atoms with Crippen molar-refractivity contribution >= 4 is 11.0 Å². The lowest BCUT2D eigenvalue weighted by Gasteiger charge is -2.09. The molecule has 7 heteroatoms. The summed E-state index contributed by atoms with van der Waals surface area (Å²) in [5, 5.41) is 17.1. The van der Waals surface area contributed by atoms with Crippen molar-refractivity contribution in [2.45, 2.75) is 12.5 Å². The van der Waals surface area contributed by atoms with E-state index in [1.54, 1.807) is 0 Å². The fourth-order valence-electron chi connectivity index (χ4n) is 1.87. The van der Waals surface area contributed by atoms with Crippen LogP contribution in [0.15, 0.2) is 39.4 Å². The molecule has 0 saturated carbocycles. The van der Waals surface area contributed by atoms with Crippen LogP contribution in [0.3, 0.4) is 0 Å². The van der Waals surface area contributed by atoms with Crippen molar-refractivity contribution < 1.29 is 18.9 Å². The molecule has 7 nitrogen and oxygen atoms in total. The third kappa shape index (κ3) is 2.57. The van der Waals surface area contributed by atoms with Gasteiger partial charge in [-0.2, -0.15) is 0 Å². The monoisotopic (exact) mass is 275 g/mol. The number of hydrogen-bond donors (Lipinski definition) is 2. The van der Waals surface area contributed by atoms with Crippen LogP contribution >= 0.6 is 0 Å². The van der Waals surface area contributed by atoms with E-state index >= 15 is 0 Å². The molecule has 104 valence electrons. The highest BCUT2D eigenvalue weighted by molar-refractivity contribution is 5.81. The molecule has 1 unspecified atom stereocenters. The minimum atomic E-state index is -0.308. The average molecular weight is 275 g/mol. The zero-order chi connectivity index (χ0) is 13.9. The zero-order valence-electron chi connectivity index (χ0n) is 10.5. The molecule has 0 amide bonds. The first kappa shape index (κ1) is 12.5. The van der Waals surface area contributed by atoms with E-state index in [2.05, 4.69) is 10.3 Å². The molecule has 0 spiro atoms. The quantitative estimate of drug-likeness (QED) is 0.725. The van der Waals surface area contributed by atoms with Gasteiger partial charge < -0.3 is 24.6 Å². The van der Waals surface area contributed by atoms with E-state index in [1.807, 2.05) is 24.3 Å². The number of hydrogen-bond acceptors (Lipinski definition) is 7. The number of aromatic nitrogens is 2. The molecular weight excluding hydrogens is 262 g/mol. The fraction of sp³-hybridized carbons (Fsp3) is 0.231. The van der Waals surface area contributed by atoms with Gasteiger partial charge in [0.15, 0.2) is 5.58 Å². The van der Waals surface area contributed by atoms with Crippen LogP contribution < -0.4 is 10.5 Å². The second-order valence-electron chi connectivity index (χ2n) is 4.41. The predicted molar refractivity (Wildman–Crippen MR) is 69.4 cm³/mol. The lowest BCUT2D eigenvalue weighted by atomic mass is 10.2.